The molecular weight excluding hydrogens is 184 g/mol. The molecule has 0 aliphatic rings. The Morgan fingerprint density at radius 1 is 1.50 bits per heavy atom. The SMILES string of the molecule is CCC(C(=O)OC)C(C)(O)C(C)OC. The van der Waals surface area contributed by atoms with Crippen LogP contribution in [0.3, 0.4) is 0 Å². The van der Waals surface area contributed by atoms with Crippen LogP contribution in [-0.2, 0) is 14.3 Å². The van der Waals surface area contributed by atoms with E-state index in [4.69, 9.17) is 4.74 Å². The average molecular weight is 204 g/mol. The van der Waals surface area contributed by atoms with Crippen LogP contribution in [0, 0.1) is 5.92 Å². The number of esters is 1. The summed E-state index contributed by atoms with van der Waals surface area (Å²) < 4.78 is 9.66. The molecule has 4 nitrogen and oxygen atoms in total. The molecule has 0 fully saturated rings. The van der Waals surface area contributed by atoms with Gasteiger partial charge in [-0.2, -0.15) is 0 Å². The van der Waals surface area contributed by atoms with Crippen LogP contribution in [0.25, 0.3) is 0 Å². The molecule has 4 heteroatoms. The fourth-order valence-electron chi connectivity index (χ4n) is 1.48. The zero-order valence-corrected chi connectivity index (χ0v) is 9.53. The Bertz CT molecular complexity index is 189. The third-order valence-corrected chi connectivity index (χ3v) is 2.78. The van der Waals surface area contributed by atoms with Crippen molar-refractivity contribution >= 4 is 5.97 Å². The number of hydrogen-bond donors (Lipinski definition) is 1. The third-order valence-electron chi connectivity index (χ3n) is 2.78. The van der Waals surface area contributed by atoms with E-state index in [1.807, 2.05) is 6.92 Å². The third kappa shape index (κ3) is 2.69. The highest BCUT2D eigenvalue weighted by atomic mass is 16.5. The lowest BCUT2D eigenvalue weighted by Gasteiger charge is -2.34. The molecule has 0 aromatic carbocycles. The molecule has 14 heavy (non-hydrogen) atoms. The molecule has 1 N–H and O–H groups in total. The van der Waals surface area contributed by atoms with Crippen molar-refractivity contribution in [3.63, 3.8) is 0 Å². The normalized spacial score (nSPS) is 19.6. The van der Waals surface area contributed by atoms with Gasteiger partial charge < -0.3 is 14.6 Å². The summed E-state index contributed by atoms with van der Waals surface area (Å²) >= 11 is 0. The number of aliphatic hydroxyl groups is 1. The van der Waals surface area contributed by atoms with Crippen LogP contribution in [0.1, 0.15) is 27.2 Å². The number of carbonyl (C=O) groups excluding carboxylic acids is 1. The van der Waals surface area contributed by atoms with Crippen molar-refractivity contribution in [2.24, 2.45) is 5.92 Å². The monoisotopic (exact) mass is 204 g/mol. The van der Waals surface area contributed by atoms with Crippen molar-refractivity contribution < 1.29 is 19.4 Å². The summed E-state index contributed by atoms with van der Waals surface area (Å²) in [5.74, 6) is -0.955. The number of carbonyl (C=O) groups is 1. The zero-order valence-electron chi connectivity index (χ0n) is 9.53. The lowest BCUT2D eigenvalue weighted by Crippen LogP contribution is -2.48. The van der Waals surface area contributed by atoms with E-state index in [0.29, 0.717) is 6.42 Å². The molecule has 0 aromatic rings. The van der Waals surface area contributed by atoms with E-state index in [-0.39, 0.29) is 0 Å². The standard InChI is InChI=1S/C10H20O4/c1-6-8(9(11)14-5)10(3,12)7(2)13-4/h7-8,12H,6H2,1-5H3. The van der Waals surface area contributed by atoms with E-state index in [0.717, 1.165) is 0 Å². The van der Waals surface area contributed by atoms with Gasteiger partial charge in [0, 0.05) is 7.11 Å². The maximum Gasteiger partial charge on any atom is 0.311 e. The highest BCUT2D eigenvalue weighted by molar-refractivity contribution is 5.73. The zero-order chi connectivity index (χ0) is 11.4. The molecule has 0 heterocycles. The first-order valence-electron chi connectivity index (χ1n) is 4.74. The predicted octanol–water partition coefficient (Wildman–Crippen LogP) is 0.972. The topological polar surface area (TPSA) is 55.8 Å². The molecule has 0 aliphatic carbocycles. The smallest absolute Gasteiger partial charge is 0.311 e. The van der Waals surface area contributed by atoms with Gasteiger partial charge in [0.15, 0.2) is 0 Å². The van der Waals surface area contributed by atoms with Crippen LogP contribution in [0.15, 0.2) is 0 Å². The fraction of sp³-hybridized carbons (Fsp3) is 0.900. The molecule has 0 radical (unpaired) electrons. The van der Waals surface area contributed by atoms with Gasteiger partial charge in [0.2, 0.25) is 0 Å². The Hall–Kier alpha value is -0.610. The van der Waals surface area contributed by atoms with E-state index in [1.165, 1.54) is 14.2 Å². The first kappa shape index (κ1) is 13.4. The predicted molar refractivity (Wildman–Crippen MR) is 52.9 cm³/mol. The largest absolute Gasteiger partial charge is 0.469 e. The molecule has 0 spiro atoms. The van der Waals surface area contributed by atoms with Gasteiger partial charge in [-0.25, -0.2) is 0 Å². The van der Waals surface area contributed by atoms with Crippen LogP contribution >= 0.6 is 0 Å². The minimum absolute atomic E-state index is 0.401. The fourth-order valence-corrected chi connectivity index (χ4v) is 1.48. The summed E-state index contributed by atoms with van der Waals surface area (Å²) in [6.45, 7) is 5.15. The molecule has 84 valence electrons. The summed E-state index contributed by atoms with van der Waals surface area (Å²) in [5, 5.41) is 10.1. The van der Waals surface area contributed by atoms with Crippen LogP contribution < -0.4 is 0 Å². The van der Waals surface area contributed by atoms with E-state index < -0.39 is 23.6 Å². The molecule has 0 saturated carbocycles. The minimum Gasteiger partial charge on any atom is -0.469 e. The lowest BCUT2D eigenvalue weighted by molar-refractivity contribution is -0.166. The van der Waals surface area contributed by atoms with Crippen molar-refractivity contribution in [2.45, 2.75) is 38.9 Å². The molecule has 3 atom stereocenters. The van der Waals surface area contributed by atoms with Gasteiger partial charge in [0.25, 0.3) is 0 Å². The van der Waals surface area contributed by atoms with Crippen molar-refractivity contribution in [3.05, 3.63) is 0 Å². The van der Waals surface area contributed by atoms with Gasteiger partial charge in [-0.05, 0) is 20.3 Å². The lowest BCUT2D eigenvalue weighted by atomic mass is 9.83. The average Bonchev–Trinajstić information content (AvgIpc) is 2.16. The maximum atomic E-state index is 11.4. The summed E-state index contributed by atoms with van der Waals surface area (Å²) in [5.41, 5.74) is -1.20. The minimum atomic E-state index is -1.20. The van der Waals surface area contributed by atoms with Gasteiger partial charge in [-0.3, -0.25) is 4.79 Å². The highest BCUT2D eigenvalue weighted by Gasteiger charge is 2.41. The van der Waals surface area contributed by atoms with Crippen molar-refractivity contribution in [1.82, 2.24) is 0 Å². The van der Waals surface area contributed by atoms with Crippen molar-refractivity contribution in [1.29, 1.82) is 0 Å². The van der Waals surface area contributed by atoms with Crippen LogP contribution in [-0.4, -0.2) is 37.0 Å². The Kier molecular flexibility index (Phi) is 5.08. The number of methoxy groups -OCH3 is 2. The second-order valence-corrected chi connectivity index (χ2v) is 3.59. The number of ether oxygens (including phenoxy) is 2. The molecule has 0 aliphatic heterocycles. The van der Waals surface area contributed by atoms with Crippen molar-refractivity contribution in [3.8, 4) is 0 Å². The molecule has 0 bridgehead atoms. The van der Waals surface area contributed by atoms with Gasteiger partial charge in [0.05, 0.1) is 19.1 Å². The van der Waals surface area contributed by atoms with Gasteiger partial charge in [-0.1, -0.05) is 6.92 Å². The molecular formula is C10H20O4. The van der Waals surface area contributed by atoms with E-state index in [2.05, 4.69) is 4.74 Å². The Labute approximate surface area is 85.2 Å². The number of rotatable bonds is 5. The van der Waals surface area contributed by atoms with Crippen molar-refractivity contribution in [2.75, 3.05) is 14.2 Å². The first-order valence-corrected chi connectivity index (χ1v) is 4.74. The molecule has 0 aromatic heterocycles. The quantitative estimate of drug-likeness (QED) is 0.678. The Morgan fingerprint density at radius 2 is 2.00 bits per heavy atom. The molecule has 0 rings (SSSR count). The molecule has 3 unspecified atom stereocenters. The summed E-state index contributed by atoms with van der Waals surface area (Å²) in [6, 6.07) is 0. The van der Waals surface area contributed by atoms with Crippen LogP contribution in [0.2, 0.25) is 0 Å². The Balaban J connectivity index is 4.73. The maximum absolute atomic E-state index is 11.4. The molecule has 0 amide bonds. The second kappa shape index (κ2) is 5.32. The second-order valence-electron chi connectivity index (χ2n) is 3.59. The highest BCUT2D eigenvalue weighted by Crippen LogP contribution is 2.26. The Morgan fingerprint density at radius 3 is 2.29 bits per heavy atom. The summed E-state index contributed by atoms with van der Waals surface area (Å²) in [6.07, 6.45) is 0.111. The van der Waals surface area contributed by atoms with Gasteiger partial charge in [0.1, 0.15) is 5.60 Å². The number of hydrogen-bond acceptors (Lipinski definition) is 4. The first-order chi connectivity index (χ1) is 6.41. The molecule has 0 saturated heterocycles. The van der Waals surface area contributed by atoms with Gasteiger partial charge in [-0.15, -0.1) is 0 Å². The summed E-state index contributed by atoms with van der Waals surface area (Å²) in [7, 11) is 2.82. The van der Waals surface area contributed by atoms with E-state index in [9.17, 15) is 9.90 Å². The summed E-state index contributed by atoms with van der Waals surface area (Å²) in [4.78, 5) is 11.4. The van der Waals surface area contributed by atoms with Crippen LogP contribution in [0.5, 0.6) is 0 Å². The van der Waals surface area contributed by atoms with Gasteiger partial charge >= 0.3 is 5.97 Å². The van der Waals surface area contributed by atoms with E-state index >= 15 is 0 Å². The van der Waals surface area contributed by atoms with Crippen LogP contribution in [0.4, 0.5) is 0 Å². The van der Waals surface area contributed by atoms with E-state index in [1.54, 1.807) is 13.8 Å².